The minimum absolute atomic E-state index is 0.102. The minimum atomic E-state index is -0.742. The Kier molecular flexibility index (Phi) is 4.82. The van der Waals surface area contributed by atoms with Gasteiger partial charge in [-0.3, -0.25) is 4.79 Å². The number of hydrogen-bond donors (Lipinski definition) is 2. The number of rotatable bonds is 3. The molecule has 148 valence electrons. The number of esters is 1. The lowest BCUT2D eigenvalue weighted by Crippen LogP contribution is -2.68. The fourth-order valence-electron chi connectivity index (χ4n) is 6.94. The summed E-state index contributed by atoms with van der Waals surface area (Å²) >= 11 is 0. The van der Waals surface area contributed by atoms with Crippen LogP contribution in [0.15, 0.2) is 12.7 Å². The van der Waals surface area contributed by atoms with E-state index in [1.165, 1.54) is 7.11 Å². The first-order valence-electron chi connectivity index (χ1n) is 9.82. The molecular formula is C21H34O5. The van der Waals surface area contributed by atoms with Crippen molar-refractivity contribution in [1.29, 1.82) is 0 Å². The Bertz CT molecular complexity index is 591. The molecular weight excluding hydrogens is 332 g/mol. The monoisotopic (exact) mass is 366 g/mol. The van der Waals surface area contributed by atoms with Gasteiger partial charge in [-0.2, -0.15) is 0 Å². The lowest BCUT2D eigenvalue weighted by molar-refractivity contribution is -0.286. The first-order valence-corrected chi connectivity index (χ1v) is 9.82. The largest absolute Gasteiger partial charge is 0.469 e. The van der Waals surface area contributed by atoms with Crippen molar-refractivity contribution in [1.82, 2.24) is 0 Å². The van der Waals surface area contributed by atoms with E-state index in [4.69, 9.17) is 9.47 Å². The van der Waals surface area contributed by atoms with Crippen LogP contribution in [0.4, 0.5) is 0 Å². The van der Waals surface area contributed by atoms with Crippen molar-refractivity contribution in [3.8, 4) is 0 Å². The van der Waals surface area contributed by atoms with Gasteiger partial charge >= 0.3 is 5.97 Å². The lowest BCUT2D eigenvalue weighted by atomic mass is 9.43. The number of ether oxygens (including phenoxy) is 2. The first kappa shape index (κ1) is 19.8. The van der Waals surface area contributed by atoms with Gasteiger partial charge in [-0.05, 0) is 50.9 Å². The quantitative estimate of drug-likeness (QED) is 0.593. The van der Waals surface area contributed by atoms with Crippen molar-refractivity contribution in [2.45, 2.75) is 76.6 Å². The molecule has 7 atom stereocenters. The zero-order valence-corrected chi connectivity index (χ0v) is 16.6. The predicted octanol–water partition coefficient (Wildman–Crippen LogP) is 2.84. The van der Waals surface area contributed by atoms with Gasteiger partial charge in [0.05, 0.1) is 30.8 Å². The van der Waals surface area contributed by atoms with Gasteiger partial charge in [0.25, 0.3) is 0 Å². The normalized spacial score (nSPS) is 51.1. The Morgan fingerprint density at radius 2 is 2.00 bits per heavy atom. The summed E-state index contributed by atoms with van der Waals surface area (Å²) in [6, 6.07) is 0. The van der Waals surface area contributed by atoms with Crippen LogP contribution in [0, 0.1) is 22.7 Å². The predicted molar refractivity (Wildman–Crippen MR) is 98.4 cm³/mol. The molecule has 1 aliphatic heterocycles. The molecule has 0 amide bonds. The Hall–Kier alpha value is -0.910. The molecule has 3 unspecified atom stereocenters. The van der Waals surface area contributed by atoms with Crippen molar-refractivity contribution < 1.29 is 24.5 Å². The molecule has 3 aliphatic rings. The standard InChI is InChI=1S/C21H34O5/c1-6-21(13-22)11-8-15-18(2)9-7-10-19(3,17(24)25-5)16(18)14(23)12-20(15,4)26-21/h6,14-16,22-23H,1,7-13H2,2-5H3/t14?,15?,16?,18-,19-,20-,21+/m0/s1. The van der Waals surface area contributed by atoms with Crippen LogP contribution in [0.2, 0.25) is 0 Å². The Balaban J connectivity index is 2.02. The summed E-state index contributed by atoms with van der Waals surface area (Å²) in [5.41, 5.74) is -2.18. The van der Waals surface area contributed by atoms with Crippen LogP contribution in [0.5, 0.6) is 0 Å². The van der Waals surface area contributed by atoms with Gasteiger partial charge in [0, 0.05) is 12.3 Å². The summed E-state index contributed by atoms with van der Waals surface area (Å²) < 4.78 is 11.6. The molecule has 2 aliphatic carbocycles. The van der Waals surface area contributed by atoms with E-state index in [1.54, 1.807) is 6.08 Å². The van der Waals surface area contributed by atoms with E-state index < -0.39 is 22.7 Å². The summed E-state index contributed by atoms with van der Waals surface area (Å²) in [7, 11) is 1.43. The molecule has 0 spiro atoms. The number of aliphatic hydroxyl groups is 2. The fourth-order valence-corrected chi connectivity index (χ4v) is 6.94. The van der Waals surface area contributed by atoms with E-state index in [0.29, 0.717) is 12.8 Å². The van der Waals surface area contributed by atoms with Crippen molar-refractivity contribution in [2.75, 3.05) is 13.7 Å². The van der Waals surface area contributed by atoms with Gasteiger partial charge in [0.1, 0.15) is 5.60 Å². The number of hydrogen-bond acceptors (Lipinski definition) is 5. The molecule has 2 saturated carbocycles. The highest BCUT2D eigenvalue weighted by Gasteiger charge is 2.67. The molecule has 0 aromatic heterocycles. The molecule has 5 nitrogen and oxygen atoms in total. The maximum absolute atomic E-state index is 12.7. The highest BCUT2D eigenvalue weighted by molar-refractivity contribution is 5.77. The van der Waals surface area contributed by atoms with Gasteiger partial charge in [-0.1, -0.05) is 19.4 Å². The molecule has 0 aromatic carbocycles. The topological polar surface area (TPSA) is 76.0 Å². The van der Waals surface area contributed by atoms with E-state index in [2.05, 4.69) is 20.4 Å². The zero-order valence-electron chi connectivity index (χ0n) is 16.6. The second-order valence-corrected chi connectivity index (χ2v) is 9.45. The number of carbonyl (C=O) groups excluding carboxylic acids is 1. The summed E-state index contributed by atoms with van der Waals surface area (Å²) in [5.74, 6) is -0.154. The molecule has 1 heterocycles. The van der Waals surface area contributed by atoms with Crippen LogP contribution < -0.4 is 0 Å². The fraction of sp³-hybridized carbons (Fsp3) is 0.857. The molecule has 5 heteroatoms. The van der Waals surface area contributed by atoms with Crippen LogP contribution in [-0.4, -0.2) is 47.2 Å². The third kappa shape index (κ3) is 2.58. The van der Waals surface area contributed by atoms with Crippen LogP contribution in [-0.2, 0) is 14.3 Å². The maximum Gasteiger partial charge on any atom is 0.311 e. The Morgan fingerprint density at radius 1 is 1.31 bits per heavy atom. The van der Waals surface area contributed by atoms with E-state index in [1.807, 2.05) is 6.92 Å². The second-order valence-electron chi connectivity index (χ2n) is 9.45. The molecule has 1 saturated heterocycles. The third-order valence-corrected chi connectivity index (χ3v) is 7.92. The first-order chi connectivity index (χ1) is 12.1. The van der Waals surface area contributed by atoms with Gasteiger partial charge in [-0.15, -0.1) is 6.58 Å². The molecule has 2 N–H and O–H groups in total. The molecule has 0 bridgehead atoms. The van der Waals surface area contributed by atoms with E-state index in [0.717, 1.165) is 25.7 Å². The smallest absolute Gasteiger partial charge is 0.311 e. The highest BCUT2D eigenvalue weighted by atomic mass is 16.5. The zero-order chi connectivity index (χ0) is 19.4. The van der Waals surface area contributed by atoms with E-state index >= 15 is 0 Å². The number of carbonyl (C=O) groups is 1. The summed E-state index contributed by atoms with van der Waals surface area (Å²) in [6.45, 7) is 9.99. The molecule has 3 fully saturated rings. The van der Waals surface area contributed by atoms with Crippen LogP contribution in [0.1, 0.15) is 59.3 Å². The van der Waals surface area contributed by atoms with Crippen LogP contribution in [0.25, 0.3) is 0 Å². The third-order valence-electron chi connectivity index (χ3n) is 7.92. The van der Waals surface area contributed by atoms with Crippen LogP contribution >= 0.6 is 0 Å². The van der Waals surface area contributed by atoms with Crippen molar-refractivity contribution in [3.63, 3.8) is 0 Å². The lowest BCUT2D eigenvalue weighted by Gasteiger charge is -2.66. The van der Waals surface area contributed by atoms with Crippen molar-refractivity contribution in [3.05, 3.63) is 12.7 Å². The molecule has 3 rings (SSSR count). The van der Waals surface area contributed by atoms with Gasteiger partial charge in [0.15, 0.2) is 0 Å². The average molecular weight is 366 g/mol. The second kappa shape index (κ2) is 6.32. The number of aliphatic hydroxyl groups excluding tert-OH is 2. The number of fused-ring (bicyclic) bond motifs is 3. The van der Waals surface area contributed by atoms with E-state index in [-0.39, 0.29) is 29.8 Å². The molecule has 26 heavy (non-hydrogen) atoms. The molecule has 0 aromatic rings. The summed E-state index contributed by atoms with van der Waals surface area (Å²) in [4.78, 5) is 12.7. The van der Waals surface area contributed by atoms with E-state index in [9.17, 15) is 15.0 Å². The number of methoxy groups -OCH3 is 1. The Labute approximate surface area is 156 Å². The minimum Gasteiger partial charge on any atom is -0.469 e. The van der Waals surface area contributed by atoms with Gasteiger partial charge < -0.3 is 19.7 Å². The highest BCUT2D eigenvalue weighted by Crippen LogP contribution is 2.65. The van der Waals surface area contributed by atoms with Gasteiger partial charge in [0.2, 0.25) is 0 Å². The van der Waals surface area contributed by atoms with Crippen LogP contribution in [0.3, 0.4) is 0 Å². The molecule has 0 radical (unpaired) electrons. The average Bonchev–Trinajstić information content (AvgIpc) is 2.59. The SMILES string of the molecule is C=C[C@]1(CO)CCC2[C@]3(C)CCC[C@](C)(C(=O)OC)C3C(O)C[C@]2(C)O1. The van der Waals surface area contributed by atoms with Gasteiger partial charge in [-0.25, -0.2) is 0 Å². The Morgan fingerprint density at radius 3 is 2.58 bits per heavy atom. The van der Waals surface area contributed by atoms with Crippen molar-refractivity contribution in [2.24, 2.45) is 22.7 Å². The summed E-state index contributed by atoms with van der Waals surface area (Å²) in [6.07, 6.45) is 5.75. The maximum atomic E-state index is 12.7. The van der Waals surface area contributed by atoms with Crippen molar-refractivity contribution >= 4 is 5.97 Å². The summed E-state index contributed by atoms with van der Waals surface area (Å²) in [5, 5.41) is 21.1.